The van der Waals surface area contributed by atoms with Crippen LogP contribution in [-0.2, 0) is 9.53 Å². The molecule has 0 spiro atoms. The molecule has 1 heterocycles. The lowest BCUT2D eigenvalue weighted by Gasteiger charge is -2.30. The maximum absolute atomic E-state index is 12.0. The molecule has 1 aromatic carbocycles. The molecule has 2 rings (SSSR count). The van der Waals surface area contributed by atoms with E-state index in [0.29, 0.717) is 17.9 Å². The number of nitrogens with zero attached hydrogens (tertiary/aromatic N) is 1. The molecule has 1 fully saturated rings. The van der Waals surface area contributed by atoms with Gasteiger partial charge in [0.15, 0.2) is 0 Å². The van der Waals surface area contributed by atoms with Crippen molar-refractivity contribution in [1.82, 2.24) is 4.90 Å². The van der Waals surface area contributed by atoms with Gasteiger partial charge in [0.05, 0.1) is 30.5 Å². The molecule has 1 aliphatic rings. The lowest BCUT2D eigenvalue weighted by atomic mass is 10.1. The summed E-state index contributed by atoms with van der Waals surface area (Å²) in [6, 6.07) is 6.72. The van der Waals surface area contributed by atoms with Crippen molar-refractivity contribution in [1.29, 1.82) is 0 Å². The van der Waals surface area contributed by atoms with Crippen molar-refractivity contribution >= 4 is 17.5 Å². The van der Waals surface area contributed by atoms with Crippen molar-refractivity contribution in [2.75, 3.05) is 31.6 Å². The van der Waals surface area contributed by atoms with Gasteiger partial charge in [-0.25, -0.2) is 0 Å². The molecule has 0 unspecified atom stereocenters. The number of morpholine rings is 1. The SMILES string of the molecule is C[C@H]1CN(CC(=O)Nc2ccccc2C(N)=O)CCO1. The van der Waals surface area contributed by atoms with E-state index in [1.54, 1.807) is 24.3 Å². The van der Waals surface area contributed by atoms with Crippen LogP contribution in [0.15, 0.2) is 24.3 Å². The van der Waals surface area contributed by atoms with E-state index in [1.165, 1.54) is 0 Å². The second-order valence-corrected chi connectivity index (χ2v) is 4.87. The fraction of sp³-hybridized carbons (Fsp3) is 0.429. The summed E-state index contributed by atoms with van der Waals surface area (Å²) in [4.78, 5) is 25.3. The zero-order chi connectivity index (χ0) is 14.5. The molecule has 108 valence electrons. The molecule has 2 amide bonds. The van der Waals surface area contributed by atoms with Crippen molar-refractivity contribution in [3.05, 3.63) is 29.8 Å². The molecule has 0 bridgehead atoms. The van der Waals surface area contributed by atoms with Crippen LogP contribution in [-0.4, -0.2) is 49.1 Å². The number of rotatable bonds is 4. The fourth-order valence-corrected chi connectivity index (χ4v) is 2.23. The number of hydrogen-bond donors (Lipinski definition) is 2. The van der Waals surface area contributed by atoms with E-state index in [9.17, 15) is 9.59 Å². The number of ether oxygens (including phenoxy) is 1. The Balaban J connectivity index is 1.96. The van der Waals surface area contributed by atoms with Gasteiger partial charge in [0, 0.05) is 13.1 Å². The Morgan fingerprint density at radius 1 is 1.45 bits per heavy atom. The average molecular weight is 277 g/mol. The van der Waals surface area contributed by atoms with Gasteiger partial charge in [-0.3, -0.25) is 14.5 Å². The third kappa shape index (κ3) is 3.79. The molecule has 0 saturated carbocycles. The highest BCUT2D eigenvalue weighted by atomic mass is 16.5. The van der Waals surface area contributed by atoms with Gasteiger partial charge in [-0.05, 0) is 19.1 Å². The van der Waals surface area contributed by atoms with E-state index >= 15 is 0 Å². The number of carbonyl (C=O) groups is 2. The first kappa shape index (κ1) is 14.5. The van der Waals surface area contributed by atoms with Crippen LogP contribution in [0.2, 0.25) is 0 Å². The van der Waals surface area contributed by atoms with E-state index < -0.39 is 5.91 Å². The number of nitrogens with two attached hydrogens (primary N) is 1. The second kappa shape index (κ2) is 6.49. The Bertz CT molecular complexity index is 504. The summed E-state index contributed by atoms with van der Waals surface area (Å²) in [5.41, 5.74) is 6.04. The maximum atomic E-state index is 12.0. The van der Waals surface area contributed by atoms with Crippen LogP contribution in [0.1, 0.15) is 17.3 Å². The second-order valence-electron chi connectivity index (χ2n) is 4.87. The van der Waals surface area contributed by atoms with Crippen molar-refractivity contribution in [2.45, 2.75) is 13.0 Å². The largest absolute Gasteiger partial charge is 0.376 e. The highest BCUT2D eigenvalue weighted by Crippen LogP contribution is 2.14. The van der Waals surface area contributed by atoms with E-state index in [2.05, 4.69) is 5.32 Å². The number of carbonyl (C=O) groups excluding carboxylic acids is 2. The van der Waals surface area contributed by atoms with Crippen LogP contribution in [0, 0.1) is 0 Å². The van der Waals surface area contributed by atoms with Crippen LogP contribution in [0.4, 0.5) is 5.69 Å². The first-order valence-electron chi connectivity index (χ1n) is 6.59. The normalized spacial score (nSPS) is 19.6. The van der Waals surface area contributed by atoms with Crippen molar-refractivity contribution < 1.29 is 14.3 Å². The molecule has 1 aromatic rings. The Morgan fingerprint density at radius 2 is 2.20 bits per heavy atom. The monoisotopic (exact) mass is 277 g/mol. The predicted octanol–water partition coefficient (Wildman–Crippen LogP) is 0.445. The topological polar surface area (TPSA) is 84.7 Å². The highest BCUT2D eigenvalue weighted by molar-refractivity contribution is 6.03. The third-order valence-electron chi connectivity index (χ3n) is 3.16. The minimum Gasteiger partial charge on any atom is -0.376 e. The molecule has 3 N–H and O–H groups in total. The molecule has 1 saturated heterocycles. The first-order valence-corrected chi connectivity index (χ1v) is 6.59. The molecule has 0 radical (unpaired) electrons. The van der Waals surface area contributed by atoms with Crippen molar-refractivity contribution in [3.63, 3.8) is 0 Å². The molecule has 1 aliphatic heterocycles. The summed E-state index contributed by atoms with van der Waals surface area (Å²) in [5.74, 6) is -0.714. The highest BCUT2D eigenvalue weighted by Gasteiger charge is 2.19. The van der Waals surface area contributed by atoms with Crippen molar-refractivity contribution in [2.24, 2.45) is 5.73 Å². The summed E-state index contributed by atoms with van der Waals surface area (Å²) in [6.07, 6.45) is 0.134. The molecule has 6 heteroatoms. The molecule has 0 aliphatic carbocycles. The summed E-state index contributed by atoms with van der Waals surface area (Å²) in [5, 5.41) is 2.73. The summed E-state index contributed by atoms with van der Waals surface area (Å²) in [6.45, 7) is 4.35. The summed E-state index contributed by atoms with van der Waals surface area (Å²) < 4.78 is 5.42. The summed E-state index contributed by atoms with van der Waals surface area (Å²) >= 11 is 0. The Labute approximate surface area is 117 Å². The lowest BCUT2D eigenvalue weighted by Crippen LogP contribution is -2.44. The number of hydrogen-bond acceptors (Lipinski definition) is 4. The number of benzene rings is 1. The van der Waals surface area contributed by atoms with Crippen LogP contribution in [0.25, 0.3) is 0 Å². The van der Waals surface area contributed by atoms with Gasteiger partial charge >= 0.3 is 0 Å². The average Bonchev–Trinajstić information content (AvgIpc) is 2.38. The van der Waals surface area contributed by atoms with E-state index in [0.717, 1.165) is 13.1 Å². The number of primary amides is 1. The maximum Gasteiger partial charge on any atom is 0.250 e. The number of anilines is 1. The smallest absolute Gasteiger partial charge is 0.250 e. The lowest BCUT2D eigenvalue weighted by molar-refractivity contribution is -0.119. The number of amides is 2. The number of para-hydroxylation sites is 1. The van der Waals surface area contributed by atoms with Crippen LogP contribution >= 0.6 is 0 Å². The Morgan fingerprint density at radius 3 is 2.90 bits per heavy atom. The van der Waals surface area contributed by atoms with Gasteiger partial charge in [-0.2, -0.15) is 0 Å². The van der Waals surface area contributed by atoms with Crippen LogP contribution in [0.3, 0.4) is 0 Å². The molecule has 1 atom stereocenters. The predicted molar refractivity (Wildman–Crippen MR) is 75.4 cm³/mol. The van der Waals surface area contributed by atoms with Gasteiger partial charge in [0.2, 0.25) is 5.91 Å². The minimum absolute atomic E-state index is 0.134. The van der Waals surface area contributed by atoms with Gasteiger partial charge < -0.3 is 15.8 Å². The van der Waals surface area contributed by atoms with E-state index in [-0.39, 0.29) is 18.6 Å². The molecule has 0 aromatic heterocycles. The quantitative estimate of drug-likeness (QED) is 0.836. The van der Waals surface area contributed by atoms with Crippen molar-refractivity contribution in [3.8, 4) is 0 Å². The first-order chi connectivity index (χ1) is 9.56. The van der Waals surface area contributed by atoms with Gasteiger partial charge in [0.1, 0.15) is 0 Å². The van der Waals surface area contributed by atoms with Gasteiger partial charge in [0.25, 0.3) is 5.91 Å². The molecular formula is C14H19N3O3. The standard InChI is InChI=1S/C14H19N3O3/c1-10-8-17(6-7-20-10)9-13(18)16-12-5-3-2-4-11(12)14(15)19/h2-5,10H,6-9H2,1H3,(H2,15,19)(H,16,18)/t10-/m0/s1. The van der Waals surface area contributed by atoms with E-state index in [1.807, 2.05) is 11.8 Å². The third-order valence-corrected chi connectivity index (χ3v) is 3.16. The zero-order valence-electron chi connectivity index (χ0n) is 11.5. The minimum atomic E-state index is -0.555. The molecule has 20 heavy (non-hydrogen) atoms. The number of nitrogens with one attached hydrogen (secondary N) is 1. The van der Waals surface area contributed by atoms with Gasteiger partial charge in [-0.1, -0.05) is 12.1 Å². The van der Waals surface area contributed by atoms with Crippen LogP contribution in [0.5, 0.6) is 0 Å². The Hall–Kier alpha value is -1.92. The van der Waals surface area contributed by atoms with E-state index in [4.69, 9.17) is 10.5 Å². The fourth-order valence-electron chi connectivity index (χ4n) is 2.23. The van der Waals surface area contributed by atoms with Crippen LogP contribution < -0.4 is 11.1 Å². The molecular weight excluding hydrogens is 258 g/mol. The molecule has 6 nitrogen and oxygen atoms in total. The van der Waals surface area contributed by atoms with Gasteiger partial charge in [-0.15, -0.1) is 0 Å². The Kier molecular flexibility index (Phi) is 4.70. The summed E-state index contributed by atoms with van der Waals surface area (Å²) in [7, 11) is 0. The zero-order valence-corrected chi connectivity index (χ0v) is 11.5.